The van der Waals surface area contributed by atoms with Crippen LogP contribution in [0.2, 0.25) is 0 Å². The second-order valence-electron chi connectivity index (χ2n) is 5.58. The van der Waals surface area contributed by atoms with Crippen LogP contribution >= 0.6 is 0 Å². The zero-order chi connectivity index (χ0) is 17.5. The first-order valence-electron chi connectivity index (χ1n) is 8.04. The number of aliphatic carboxylic acids is 1. The number of anilines is 1. The van der Waals surface area contributed by atoms with Gasteiger partial charge in [0.2, 0.25) is 5.91 Å². The van der Waals surface area contributed by atoms with Gasteiger partial charge in [0.05, 0.1) is 12.1 Å². The summed E-state index contributed by atoms with van der Waals surface area (Å²) in [5.74, 6) is -0.633. The summed E-state index contributed by atoms with van der Waals surface area (Å²) in [6.07, 6.45) is 0.829. The smallest absolute Gasteiger partial charge is 0.305 e. The summed E-state index contributed by atoms with van der Waals surface area (Å²) in [6, 6.07) is 7.21. The Morgan fingerprint density at radius 1 is 1.25 bits per heavy atom. The highest BCUT2D eigenvalue weighted by atomic mass is 16.5. The van der Waals surface area contributed by atoms with Gasteiger partial charge in [-0.2, -0.15) is 0 Å². The maximum Gasteiger partial charge on any atom is 0.305 e. The largest absolute Gasteiger partial charge is 0.482 e. The molecule has 0 bridgehead atoms. The van der Waals surface area contributed by atoms with E-state index in [0.29, 0.717) is 18.0 Å². The highest BCUT2D eigenvalue weighted by molar-refractivity contribution is 5.98. The topological polar surface area (TPSA) is 87.2 Å². The van der Waals surface area contributed by atoms with Gasteiger partial charge in [-0.15, -0.1) is 0 Å². The van der Waals surface area contributed by atoms with Gasteiger partial charge in [0.1, 0.15) is 5.75 Å². The van der Waals surface area contributed by atoms with E-state index in [0.717, 1.165) is 6.42 Å². The Bertz CT molecular complexity index is 617. The van der Waals surface area contributed by atoms with Gasteiger partial charge in [-0.25, -0.2) is 0 Å². The maximum atomic E-state index is 12.4. The second-order valence-corrected chi connectivity index (χ2v) is 5.58. The van der Waals surface area contributed by atoms with Gasteiger partial charge in [-0.3, -0.25) is 14.4 Å². The van der Waals surface area contributed by atoms with E-state index in [-0.39, 0.29) is 44.4 Å². The Balaban J connectivity index is 1.99. The Hall–Kier alpha value is -2.57. The van der Waals surface area contributed by atoms with Crippen LogP contribution in [0.25, 0.3) is 0 Å². The van der Waals surface area contributed by atoms with Gasteiger partial charge in [0.25, 0.3) is 5.91 Å². The van der Waals surface area contributed by atoms with Crippen molar-refractivity contribution >= 4 is 23.5 Å². The number of carbonyl (C=O) groups is 3. The second kappa shape index (κ2) is 8.33. The summed E-state index contributed by atoms with van der Waals surface area (Å²) >= 11 is 0. The summed E-state index contributed by atoms with van der Waals surface area (Å²) in [5.41, 5.74) is 0.661. The first kappa shape index (κ1) is 17.8. The molecule has 0 spiro atoms. The van der Waals surface area contributed by atoms with E-state index >= 15 is 0 Å². The first-order chi connectivity index (χ1) is 11.5. The fourth-order valence-electron chi connectivity index (χ4n) is 2.63. The van der Waals surface area contributed by atoms with Crippen LogP contribution in [0.15, 0.2) is 24.3 Å². The van der Waals surface area contributed by atoms with Crippen LogP contribution in [0.5, 0.6) is 5.75 Å². The van der Waals surface area contributed by atoms with E-state index in [2.05, 4.69) is 0 Å². The molecule has 0 radical (unpaired) electrons. The SMILES string of the molecule is CCCN(CCC(=O)O)C(=O)CCN1C(=O)COc2ccccc21. The molecule has 24 heavy (non-hydrogen) atoms. The number of benzene rings is 1. The minimum absolute atomic E-state index is 0.0388. The lowest BCUT2D eigenvalue weighted by Crippen LogP contribution is -2.42. The molecule has 0 atom stereocenters. The molecule has 2 amide bonds. The van der Waals surface area contributed by atoms with Crippen molar-refractivity contribution in [2.45, 2.75) is 26.2 Å². The van der Waals surface area contributed by atoms with Gasteiger partial charge in [0.15, 0.2) is 6.61 Å². The minimum Gasteiger partial charge on any atom is -0.482 e. The van der Waals surface area contributed by atoms with E-state index in [1.165, 1.54) is 0 Å². The molecule has 0 aliphatic carbocycles. The normalized spacial score (nSPS) is 13.2. The van der Waals surface area contributed by atoms with Crippen molar-refractivity contribution in [3.63, 3.8) is 0 Å². The monoisotopic (exact) mass is 334 g/mol. The molecule has 0 saturated carbocycles. The molecular weight excluding hydrogens is 312 g/mol. The minimum atomic E-state index is -0.929. The summed E-state index contributed by atoms with van der Waals surface area (Å²) < 4.78 is 5.37. The number of fused-ring (bicyclic) bond motifs is 1. The average Bonchev–Trinajstić information content (AvgIpc) is 2.57. The van der Waals surface area contributed by atoms with Gasteiger partial charge >= 0.3 is 5.97 Å². The Kier molecular flexibility index (Phi) is 6.17. The lowest BCUT2D eigenvalue weighted by Gasteiger charge is -2.30. The predicted octanol–water partition coefficient (Wildman–Crippen LogP) is 1.52. The zero-order valence-electron chi connectivity index (χ0n) is 13.7. The van der Waals surface area contributed by atoms with Crippen LogP contribution in [0.3, 0.4) is 0 Å². The molecule has 130 valence electrons. The molecule has 1 aliphatic heterocycles. The molecule has 7 nitrogen and oxygen atoms in total. The van der Waals surface area contributed by atoms with Crippen molar-refractivity contribution in [1.82, 2.24) is 4.90 Å². The third-order valence-corrected chi connectivity index (χ3v) is 3.80. The summed E-state index contributed by atoms with van der Waals surface area (Å²) in [6.45, 7) is 2.85. The fourth-order valence-corrected chi connectivity index (χ4v) is 2.63. The lowest BCUT2D eigenvalue weighted by molar-refractivity contribution is -0.138. The van der Waals surface area contributed by atoms with Crippen molar-refractivity contribution < 1.29 is 24.2 Å². The number of rotatable bonds is 8. The van der Waals surface area contributed by atoms with E-state index < -0.39 is 5.97 Å². The van der Waals surface area contributed by atoms with Crippen molar-refractivity contribution in [2.24, 2.45) is 0 Å². The lowest BCUT2D eigenvalue weighted by atomic mass is 10.2. The molecule has 7 heteroatoms. The van der Waals surface area contributed by atoms with Crippen LogP contribution in [0, 0.1) is 0 Å². The number of ether oxygens (including phenoxy) is 1. The number of amides is 2. The first-order valence-corrected chi connectivity index (χ1v) is 8.04. The van der Waals surface area contributed by atoms with Gasteiger partial charge in [-0.1, -0.05) is 19.1 Å². The Morgan fingerprint density at radius 2 is 2.00 bits per heavy atom. The van der Waals surface area contributed by atoms with E-state index in [4.69, 9.17) is 9.84 Å². The fraction of sp³-hybridized carbons (Fsp3) is 0.471. The van der Waals surface area contributed by atoms with Crippen LogP contribution < -0.4 is 9.64 Å². The number of hydrogen-bond acceptors (Lipinski definition) is 4. The number of nitrogens with zero attached hydrogens (tertiary/aromatic N) is 2. The van der Waals surface area contributed by atoms with Gasteiger partial charge in [0, 0.05) is 26.1 Å². The quantitative estimate of drug-likeness (QED) is 0.779. The molecule has 0 saturated heterocycles. The highest BCUT2D eigenvalue weighted by Gasteiger charge is 2.26. The number of carbonyl (C=O) groups excluding carboxylic acids is 2. The predicted molar refractivity (Wildman–Crippen MR) is 88.0 cm³/mol. The molecule has 1 aromatic rings. The standard InChI is InChI=1S/C17H22N2O5/c1-2-9-18(10-8-17(22)23)15(20)7-11-19-13-5-3-4-6-14(13)24-12-16(19)21/h3-6H,2,7-12H2,1H3,(H,22,23). The van der Waals surface area contributed by atoms with Crippen LogP contribution in [0.4, 0.5) is 5.69 Å². The molecule has 0 fully saturated rings. The molecule has 1 aromatic carbocycles. The van der Waals surface area contributed by atoms with Crippen molar-refractivity contribution in [3.8, 4) is 5.75 Å². The molecule has 2 rings (SSSR count). The number of hydrogen-bond donors (Lipinski definition) is 1. The maximum absolute atomic E-state index is 12.4. The van der Waals surface area contributed by atoms with Crippen molar-refractivity contribution in [2.75, 3.05) is 31.1 Å². The third-order valence-electron chi connectivity index (χ3n) is 3.80. The van der Waals surface area contributed by atoms with E-state index in [1.807, 2.05) is 19.1 Å². The molecule has 1 heterocycles. The molecule has 0 aromatic heterocycles. The van der Waals surface area contributed by atoms with Gasteiger partial charge < -0.3 is 19.6 Å². The Morgan fingerprint density at radius 3 is 2.71 bits per heavy atom. The molecule has 0 unspecified atom stereocenters. The van der Waals surface area contributed by atoms with Crippen molar-refractivity contribution in [1.29, 1.82) is 0 Å². The molecule has 1 aliphatic rings. The third kappa shape index (κ3) is 4.47. The number of carboxylic acids is 1. The van der Waals surface area contributed by atoms with Crippen LogP contribution in [-0.4, -0.2) is 54.0 Å². The highest BCUT2D eigenvalue weighted by Crippen LogP contribution is 2.31. The van der Waals surface area contributed by atoms with Gasteiger partial charge in [-0.05, 0) is 18.6 Å². The average molecular weight is 334 g/mol. The van der Waals surface area contributed by atoms with E-state index in [1.54, 1.807) is 21.9 Å². The van der Waals surface area contributed by atoms with E-state index in [9.17, 15) is 14.4 Å². The van der Waals surface area contributed by atoms with Crippen LogP contribution in [-0.2, 0) is 14.4 Å². The zero-order valence-corrected chi connectivity index (χ0v) is 13.7. The summed E-state index contributed by atoms with van der Waals surface area (Å²) in [5, 5.41) is 8.79. The van der Waals surface area contributed by atoms with Crippen molar-refractivity contribution in [3.05, 3.63) is 24.3 Å². The van der Waals surface area contributed by atoms with Crippen LogP contribution in [0.1, 0.15) is 26.2 Å². The number of para-hydroxylation sites is 2. The summed E-state index contributed by atoms with van der Waals surface area (Å²) in [4.78, 5) is 38.3. The summed E-state index contributed by atoms with van der Waals surface area (Å²) in [7, 11) is 0. The molecular formula is C17H22N2O5. The number of carboxylic acid groups (broad SMARTS) is 1. The Labute approximate surface area is 140 Å². The molecule has 1 N–H and O–H groups in total.